The third-order valence-corrected chi connectivity index (χ3v) is 3.82. The van der Waals surface area contributed by atoms with E-state index in [-0.39, 0.29) is 12.2 Å². The van der Waals surface area contributed by atoms with E-state index < -0.39 is 17.5 Å². The largest absolute Gasteiger partial charge is 0.459 e. The molecule has 3 N–H and O–H groups in total. The minimum atomic E-state index is -0.681. The molecule has 0 fully saturated rings. The van der Waals surface area contributed by atoms with Crippen molar-refractivity contribution in [1.82, 2.24) is 19.7 Å². The summed E-state index contributed by atoms with van der Waals surface area (Å²) in [5, 5.41) is 7.85. The summed E-state index contributed by atoms with van der Waals surface area (Å²) in [7, 11) is 1.74. The second-order valence-corrected chi connectivity index (χ2v) is 7.26. The monoisotopic (exact) mass is 382 g/mol. The highest BCUT2D eigenvalue weighted by Gasteiger charge is 2.20. The van der Waals surface area contributed by atoms with Crippen molar-refractivity contribution in [2.45, 2.75) is 32.9 Å². The van der Waals surface area contributed by atoms with Gasteiger partial charge in [0.15, 0.2) is 5.69 Å². The maximum absolute atomic E-state index is 12.1. The molecule has 146 valence electrons. The lowest BCUT2D eigenvalue weighted by atomic mass is 10.0. The number of nitrogens with zero attached hydrogens (tertiary/aromatic N) is 4. The predicted octanol–water partition coefficient (Wildman–Crippen LogP) is 1.98. The molecular weight excluding hydrogens is 360 g/mol. The number of benzene rings is 1. The molecule has 28 heavy (non-hydrogen) atoms. The summed E-state index contributed by atoms with van der Waals surface area (Å²) in [5.74, 6) is -0.618. The fourth-order valence-electron chi connectivity index (χ4n) is 2.72. The summed E-state index contributed by atoms with van der Waals surface area (Å²) in [6, 6.07) is 5.48. The topological polar surface area (TPSA) is 125 Å². The molecule has 3 aromatic rings. The van der Waals surface area contributed by atoms with Crippen LogP contribution in [0.5, 0.6) is 0 Å². The van der Waals surface area contributed by atoms with Gasteiger partial charge in [0.25, 0.3) is 5.91 Å². The lowest BCUT2D eigenvalue weighted by molar-refractivity contribution is -0.155. The van der Waals surface area contributed by atoms with Gasteiger partial charge in [0.05, 0.1) is 5.52 Å². The normalized spacial score (nSPS) is 11.4. The van der Waals surface area contributed by atoms with E-state index in [0.29, 0.717) is 11.5 Å². The van der Waals surface area contributed by atoms with Crippen LogP contribution in [-0.2, 0) is 16.1 Å². The smallest absolute Gasteiger partial charge is 0.328 e. The number of primary amides is 1. The predicted molar refractivity (Wildman–Crippen MR) is 105 cm³/mol. The number of carbonyl (C=O) groups excluding carboxylic acids is 2. The van der Waals surface area contributed by atoms with Gasteiger partial charge in [-0.05, 0) is 38.5 Å². The highest BCUT2D eigenvalue weighted by molar-refractivity contribution is 5.99. The second kappa shape index (κ2) is 7.26. The van der Waals surface area contributed by atoms with Crippen LogP contribution < -0.4 is 11.1 Å². The van der Waals surface area contributed by atoms with Gasteiger partial charge in [-0.15, -0.1) is 0 Å². The molecule has 0 atom stereocenters. The van der Waals surface area contributed by atoms with Crippen LogP contribution in [0.4, 0.5) is 5.95 Å². The molecule has 1 amide bonds. The standard InChI is InChI=1S/C19H22N6O3/c1-19(2,3)28-15(26)10-25-9-13(16(24-25)17(20)27)11-5-6-14-12(7-11)8-22-18(21-4)23-14/h5-9H,10H2,1-4H3,(H2,20,27)(H,21,22,23). The van der Waals surface area contributed by atoms with Crippen molar-refractivity contribution < 1.29 is 14.3 Å². The molecule has 0 aliphatic heterocycles. The van der Waals surface area contributed by atoms with E-state index in [1.165, 1.54) is 4.68 Å². The number of nitrogens with one attached hydrogen (secondary N) is 1. The van der Waals surface area contributed by atoms with E-state index in [2.05, 4.69) is 20.4 Å². The van der Waals surface area contributed by atoms with Crippen molar-refractivity contribution >= 4 is 28.7 Å². The van der Waals surface area contributed by atoms with Crippen LogP contribution in [-0.4, -0.2) is 44.3 Å². The van der Waals surface area contributed by atoms with Gasteiger partial charge < -0.3 is 15.8 Å². The fraction of sp³-hybridized carbons (Fsp3) is 0.316. The van der Waals surface area contributed by atoms with E-state index >= 15 is 0 Å². The van der Waals surface area contributed by atoms with Gasteiger partial charge >= 0.3 is 5.97 Å². The average Bonchev–Trinajstić information content (AvgIpc) is 3.03. The van der Waals surface area contributed by atoms with Crippen molar-refractivity contribution in [3.63, 3.8) is 0 Å². The molecule has 2 heterocycles. The molecule has 0 spiro atoms. The van der Waals surface area contributed by atoms with Crippen LogP contribution in [0.2, 0.25) is 0 Å². The van der Waals surface area contributed by atoms with E-state index in [1.807, 2.05) is 18.2 Å². The van der Waals surface area contributed by atoms with Crippen molar-refractivity contribution in [3.8, 4) is 11.1 Å². The Morgan fingerprint density at radius 2 is 2.04 bits per heavy atom. The van der Waals surface area contributed by atoms with E-state index in [9.17, 15) is 9.59 Å². The first-order chi connectivity index (χ1) is 13.2. The molecule has 9 heteroatoms. The van der Waals surface area contributed by atoms with Gasteiger partial charge in [0.1, 0.15) is 12.1 Å². The zero-order valence-electron chi connectivity index (χ0n) is 16.2. The minimum absolute atomic E-state index is 0.0793. The molecule has 3 rings (SSSR count). The van der Waals surface area contributed by atoms with Crippen molar-refractivity contribution in [2.24, 2.45) is 5.73 Å². The zero-order chi connectivity index (χ0) is 20.5. The zero-order valence-corrected chi connectivity index (χ0v) is 16.2. The number of hydrogen-bond donors (Lipinski definition) is 2. The highest BCUT2D eigenvalue weighted by atomic mass is 16.6. The quantitative estimate of drug-likeness (QED) is 0.646. The lowest BCUT2D eigenvalue weighted by Gasteiger charge is -2.19. The van der Waals surface area contributed by atoms with Gasteiger partial charge in [-0.3, -0.25) is 14.3 Å². The first kappa shape index (κ1) is 19.3. The molecule has 0 bridgehead atoms. The molecule has 0 saturated heterocycles. The minimum Gasteiger partial charge on any atom is -0.459 e. The average molecular weight is 382 g/mol. The number of nitrogens with two attached hydrogens (primary N) is 1. The van der Waals surface area contributed by atoms with E-state index in [1.54, 1.807) is 40.2 Å². The number of aromatic nitrogens is 4. The second-order valence-electron chi connectivity index (χ2n) is 7.26. The number of rotatable bonds is 5. The lowest BCUT2D eigenvalue weighted by Crippen LogP contribution is -2.26. The Morgan fingerprint density at radius 1 is 1.29 bits per heavy atom. The molecule has 0 aliphatic carbocycles. The molecule has 0 unspecified atom stereocenters. The van der Waals surface area contributed by atoms with Gasteiger partial charge in [0, 0.05) is 30.4 Å². The third-order valence-electron chi connectivity index (χ3n) is 3.82. The Labute approximate surface area is 161 Å². The van der Waals surface area contributed by atoms with Crippen LogP contribution >= 0.6 is 0 Å². The summed E-state index contributed by atoms with van der Waals surface area (Å²) in [5.41, 5.74) is 6.95. The summed E-state index contributed by atoms with van der Waals surface area (Å²) < 4.78 is 6.65. The number of ether oxygens (including phenoxy) is 1. The van der Waals surface area contributed by atoms with Crippen molar-refractivity contribution in [2.75, 3.05) is 12.4 Å². The Kier molecular flexibility index (Phi) is 5.00. The van der Waals surface area contributed by atoms with Crippen LogP contribution in [0.1, 0.15) is 31.3 Å². The maximum atomic E-state index is 12.1. The van der Waals surface area contributed by atoms with Gasteiger partial charge in [0.2, 0.25) is 5.95 Å². The van der Waals surface area contributed by atoms with Gasteiger partial charge in [-0.1, -0.05) is 6.07 Å². The van der Waals surface area contributed by atoms with Gasteiger partial charge in [-0.2, -0.15) is 5.10 Å². The molecule has 0 aliphatic rings. The SMILES string of the molecule is CNc1ncc2cc(-c3cn(CC(=O)OC(C)(C)C)nc3C(N)=O)ccc2n1. The highest BCUT2D eigenvalue weighted by Crippen LogP contribution is 2.26. The van der Waals surface area contributed by atoms with Crippen molar-refractivity contribution in [1.29, 1.82) is 0 Å². The first-order valence-electron chi connectivity index (χ1n) is 8.70. The first-order valence-corrected chi connectivity index (χ1v) is 8.70. The summed E-state index contributed by atoms with van der Waals surface area (Å²) in [6.45, 7) is 5.22. The summed E-state index contributed by atoms with van der Waals surface area (Å²) >= 11 is 0. The number of anilines is 1. The molecule has 0 radical (unpaired) electrons. The van der Waals surface area contributed by atoms with Gasteiger partial charge in [-0.25, -0.2) is 9.97 Å². The number of esters is 1. The Balaban J connectivity index is 1.96. The maximum Gasteiger partial charge on any atom is 0.328 e. The molecule has 1 aromatic carbocycles. The van der Waals surface area contributed by atoms with Crippen LogP contribution in [0.25, 0.3) is 22.0 Å². The molecular formula is C19H22N6O3. The number of hydrogen-bond acceptors (Lipinski definition) is 7. The van der Waals surface area contributed by atoms with Crippen LogP contribution in [0.3, 0.4) is 0 Å². The molecule has 9 nitrogen and oxygen atoms in total. The fourth-order valence-corrected chi connectivity index (χ4v) is 2.72. The summed E-state index contributed by atoms with van der Waals surface area (Å²) in [4.78, 5) is 32.5. The molecule has 0 saturated carbocycles. The Morgan fingerprint density at radius 3 is 2.68 bits per heavy atom. The Hall–Kier alpha value is -3.49. The van der Waals surface area contributed by atoms with E-state index in [4.69, 9.17) is 10.5 Å². The molecule has 2 aromatic heterocycles. The number of amides is 1. The van der Waals surface area contributed by atoms with Crippen LogP contribution in [0, 0.1) is 0 Å². The summed E-state index contributed by atoms with van der Waals surface area (Å²) in [6.07, 6.45) is 3.29. The van der Waals surface area contributed by atoms with E-state index in [0.717, 1.165) is 16.5 Å². The third kappa shape index (κ3) is 4.25. The number of carbonyl (C=O) groups is 2. The Bertz CT molecular complexity index is 1050. The van der Waals surface area contributed by atoms with Crippen molar-refractivity contribution in [3.05, 3.63) is 36.3 Å². The number of fused-ring (bicyclic) bond motifs is 1. The van der Waals surface area contributed by atoms with Crippen LogP contribution in [0.15, 0.2) is 30.6 Å².